The number of nitrogens with one attached hydrogen (secondary N) is 1. The quantitative estimate of drug-likeness (QED) is 0.568. The van der Waals surface area contributed by atoms with Gasteiger partial charge in [0.15, 0.2) is 0 Å². The van der Waals surface area contributed by atoms with E-state index in [1.807, 2.05) is 12.1 Å². The van der Waals surface area contributed by atoms with Crippen molar-refractivity contribution in [1.82, 2.24) is 14.7 Å². The number of anilines is 1. The van der Waals surface area contributed by atoms with Gasteiger partial charge in [0.1, 0.15) is 0 Å². The summed E-state index contributed by atoms with van der Waals surface area (Å²) in [5.74, 6) is 0.0718. The van der Waals surface area contributed by atoms with Crippen LogP contribution in [0.5, 0.6) is 0 Å². The van der Waals surface area contributed by atoms with Crippen molar-refractivity contribution in [2.24, 2.45) is 0 Å². The monoisotopic (exact) mass is 339 g/mol. The zero-order valence-corrected chi connectivity index (χ0v) is 13.8. The predicted octanol–water partition coefficient (Wildman–Crippen LogP) is 2.24. The Morgan fingerprint density at radius 3 is 2.64 bits per heavy atom. The number of hydrogen-bond acceptors (Lipinski definition) is 5. The molecule has 0 aliphatic carbocycles. The Hall–Kier alpha value is -3.42. The fraction of sp³-hybridized carbons (Fsp3) is 0.176. The third-order valence-electron chi connectivity index (χ3n) is 3.88. The van der Waals surface area contributed by atoms with Crippen LogP contribution in [0.1, 0.15) is 15.9 Å². The Morgan fingerprint density at radius 1 is 1.28 bits per heavy atom. The molecule has 0 bridgehead atoms. The maximum absolute atomic E-state index is 11.6. The number of nitrogens with zero attached hydrogens (tertiary/aromatic N) is 4. The summed E-state index contributed by atoms with van der Waals surface area (Å²) in [7, 11) is 3.33. The number of amides is 1. The number of aromatic nitrogens is 2. The van der Waals surface area contributed by atoms with E-state index in [0.29, 0.717) is 23.6 Å². The van der Waals surface area contributed by atoms with Crippen molar-refractivity contribution in [3.63, 3.8) is 0 Å². The summed E-state index contributed by atoms with van der Waals surface area (Å²) < 4.78 is 1.46. The zero-order chi connectivity index (χ0) is 18.0. The highest BCUT2D eigenvalue weighted by Gasteiger charge is 2.25. The third kappa shape index (κ3) is 3.14. The van der Waals surface area contributed by atoms with Crippen LogP contribution in [-0.2, 0) is 6.54 Å². The molecule has 2 heterocycles. The van der Waals surface area contributed by atoms with Crippen LogP contribution < -0.4 is 10.2 Å². The van der Waals surface area contributed by atoms with Gasteiger partial charge in [-0.25, -0.2) is 0 Å². The van der Waals surface area contributed by atoms with Crippen molar-refractivity contribution in [2.45, 2.75) is 6.54 Å². The summed E-state index contributed by atoms with van der Waals surface area (Å²) in [6, 6.07) is 12.3. The maximum atomic E-state index is 11.6. The molecule has 0 radical (unpaired) electrons. The number of rotatable bonds is 5. The average molecular weight is 339 g/mol. The van der Waals surface area contributed by atoms with Crippen LogP contribution in [0.15, 0.2) is 48.7 Å². The summed E-state index contributed by atoms with van der Waals surface area (Å²) in [6.07, 6.45) is 1.62. The van der Waals surface area contributed by atoms with Gasteiger partial charge in [-0.15, -0.1) is 0 Å². The molecular weight excluding hydrogens is 322 g/mol. The van der Waals surface area contributed by atoms with Gasteiger partial charge in [-0.2, -0.15) is 9.38 Å². The lowest BCUT2D eigenvalue weighted by Crippen LogP contribution is -2.19. The van der Waals surface area contributed by atoms with E-state index >= 15 is 0 Å². The third-order valence-corrected chi connectivity index (χ3v) is 3.88. The van der Waals surface area contributed by atoms with Gasteiger partial charge in [0.2, 0.25) is 11.5 Å². The first-order chi connectivity index (χ1) is 12.0. The minimum absolute atomic E-state index is 0.0694. The van der Waals surface area contributed by atoms with Gasteiger partial charge in [0, 0.05) is 32.3 Å². The number of imidazole rings is 1. The van der Waals surface area contributed by atoms with Crippen molar-refractivity contribution in [3.8, 4) is 0 Å². The molecule has 3 rings (SSSR count). The lowest BCUT2D eigenvalue weighted by molar-refractivity contribution is -0.389. The highest BCUT2D eigenvalue weighted by Crippen LogP contribution is 2.28. The number of carbonyl (C=O) groups is 1. The molecule has 0 saturated heterocycles. The summed E-state index contributed by atoms with van der Waals surface area (Å²) >= 11 is 0. The van der Waals surface area contributed by atoms with Crippen LogP contribution in [0.3, 0.4) is 0 Å². The van der Waals surface area contributed by atoms with E-state index in [1.165, 1.54) is 4.40 Å². The number of pyridine rings is 1. The van der Waals surface area contributed by atoms with Crippen LogP contribution >= 0.6 is 0 Å². The van der Waals surface area contributed by atoms with Gasteiger partial charge >= 0.3 is 5.82 Å². The molecule has 0 saturated carbocycles. The fourth-order valence-electron chi connectivity index (χ4n) is 2.65. The molecule has 8 heteroatoms. The standard InChI is InChI=1S/C17H17N5O3/c1-18-16(23)13-8-6-12(7-9-13)11-20(2)15-17(22(24)25)21-10-4-3-5-14(21)19-15/h3-10H,11H2,1-2H3,(H,18,23). The molecule has 0 fully saturated rings. The van der Waals surface area contributed by atoms with E-state index in [0.717, 1.165) is 5.56 Å². The Morgan fingerprint density at radius 2 is 2.00 bits per heavy atom. The summed E-state index contributed by atoms with van der Waals surface area (Å²) in [6.45, 7) is 0.429. The Labute approximate surface area is 143 Å². The number of nitro groups is 1. The minimum atomic E-state index is -0.430. The van der Waals surface area contributed by atoms with Gasteiger partial charge in [-0.3, -0.25) is 4.79 Å². The van der Waals surface area contributed by atoms with Crippen LogP contribution in [0, 0.1) is 10.1 Å². The molecule has 0 atom stereocenters. The highest BCUT2D eigenvalue weighted by molar-refractivity contribution is 5.93. The molecule has 0 spiro atoms. The molecule has 25 heavy (non-hydrogen) atoms. The molecule has 1 aromatic carbocycles. The van der Waals surface area contributed by atoms with Crippen molar-refractivity contribution in [1.29, 1.82) is 0 Å². The maximum Gasteiger partial charge on any atom is 0.372 e. The predicted molar refractivity (Wildman–Crippen MR) is 93.8 cm³/mol. The van der Waals surface area contributed by atoms with E-state index in [2.05, 4.69) is 10.3 Å². The van der Waals surface area contributed by atoms with Crippen molar-refractivity contribution < 1.29 is 9.72 Å². The molecule has 0 aliphatic rings. The second-order valence-corrected chi connectivity index (χ2v) is 5.58. The molecule has 8 nitrogen and oxygen atoms in total. The molecular formula is C17H17N5O3. The molecule has 3 aromatic rings. The molecule has 1 N–H and O–H groups in total. The average Bonchev–Trinajstić information content (AvgIpc) is 3.01. The topological polar surface area (TPSA) is 92.8 Å². The SMILES string of the molecule is CNC(=O)c1ccc(CN(C)c2nc3ccccn3c2[N+](=O)[O-])cc1. The van der Waals surface area contributed by atoms with Crippen LogP contribution in [0.25, 0.3) is 5.65 Å². The Balaban J connectivity index is 1.90. The lowest BCUT2D eigenvalue weighted by atomic mass is 10.1. The van der Waals surface area contributed by atoms with Crippen molar-refractivity contribution in [3.05, 3.63) is 69.9 Å². The van der Waals surface area contributed by atoms with Crippen LogP contribution in [0.4, 0.5) is 11.6 Å². The number of fused-ring (bicyclic) bond motifs is 1. The first kappa shape index (κ1) is 16.4. The number of carbonyl (C=O) groups excluding carboxylic acids is 1. The summed E-state index contributed by atoms with van der Waals surface area (Å²) in [5.41, 5.74) is 2.00. The molecule has 128 valence electrons. The van der Waals surface area contributed by atoms with Gasteiger partial charge in [0.25, 0.3) is 5.91 Å². The molecule has 0 unspecified atom stereocenters. The van der Waals surface area contributed by atoms with Gasteiger partial charge in [0.05, 0.1) is 6.20 Å². The Kier molecular flexibility index (Phi) is 4.34. The highest BCUT2D eigenvalue weighted by atomic mass is 16.6. The van der Waals surface area contributed by atoms with Gasteiger partial charge < -0.3 is 20.3 Å². The summed E-state index contributed by atoms with van der Waals surface area (Å²) in [4.78, 5) is 28.7. The van der Waals surface area contributed by atoms with Crippen LogP contribution in [0.2, 0.25) is 0 Å². The first-order valence-electron chi connectivity index (χ1n) is 7.65. The second kappa shape index (κ2) is 6.60. The summed E-state index contributed by atoms with van der Waals surface area (Å²) in [5, 5.41) is 14.0. The van der Waals surface area contributed by atoms with Crippen molar-refractivity contribution in [2.75, 3.05) is 19.0 Å². The van der Waals surface area contributed by atoms with Crippen molar-refractivity contribution >= 4 is 23.2 Å². The smallest absolute Gasteiger partial charge is 0.358 e. The Bertz CT molecular complexity index is 933. The molecule has 0 aliphatic heterocycles. The lowest BCUT2D eigenvalue weighted by Gasteiger charge is -2.16. The normalized spacial score (nSPS) is 10.6. The zero-order valence-electron chi connectivity index (χ0n) is 13.8. The van der Waals surface area contributed by atoms with Crippen LogP contribution in [-0.4, -0.2) is 34.3 Å². The number of benzene rings is 1. The fourth-order valence-corrected chi connectivity index (χ4v) is 2.65. The largest absolute Gasteiger partial charge is 0.372 e. The van der Waals surface area contributed by atoms with E-state index in [-0.39, 0.29) is 11.7 Å². The minimum Gasteiger partial charge on any atom is -0.358 e. The number of hydrogen-bond donors (Lipinski definition) is 1. The van der Waals surface area contributed by atoms with Gasteiger partial charge in [-0.1, -0.05) is 18.2 Å². The second-order valence-electron chi connectivity index (χ2n) is 5.58. The van der Waals surface area contributed by atoms with E-state index in [4.69, 9.17) is 0 Å². The van der Waals surface area contributed by atoms with E-state index in [9.17, 15) is 14.9 Å². The first-order valence-corrected chi connectivity index (χ1v) is 7.65. The van der Waals surface area contributed by atoms with E-state index in [1.54, 1.807) is 55.5 Å². The van der Waals surface area contributed by atoms with E-state index < -0.39 is 4.92 Å². The molecule has 1 amide bonds. The van der Waals surface area contributed by atoms with Gasteiger partial charge in [-0.05, 0) is 28.7 Å². The molecule has 2 aromatic heterocycles.